The number of ether oxygens (including phenoxy) is 1. The molecule has 4 amide bonds. The number of carbonyl (C=O) groups is 4. The molecule has 5 N–H and O–H groups in total. The van der Waals surface area contributed by atoms with E-state index in [0.717, 1.165) is 0 Å². The molecule has 10 nitrogen and oxygen atoms in total. The van der Waals surface area contributed by atoms with E-state index in [9.17, 15) is 24.3 Å². The molecule has 0 aromatic heterocycles. The van der Waals surface area contributed by atoms with Crippen molar-refractivity contribution < 1.29 is 29.0 Å². The van der Waals surface area contributed by atoms with Crippen molar-refractivity contribution in [3.8, 4) is 5.75 Å². The van der Waals surface area contributed by atoms with Crippen LogP contribution in [0.25, 0.3) is 0 Å². The highest BCUT2D eigenvalue weighted by molar-refractivity contribution is 6.34. The van der Waals surface area contributed by atoms with E-state index in [1.165, 1.54) is 11.0 Å². The second kappa shape index (κ2) is 14.0. The maximum Gasteiger partial charge on any atom is 0.408 e. The molecule has 0 bridgehead atoms. The number of alkyl carbamates (subject to hydrolysis) is 1. The Morgan fingerprint density at radius 2 is 1.75 bits per heavy atom. The third kappa shape index (κ3) is 8.87. The van der Waals surface area contributed by atoms with E-state index in [4.69, 9.17) is 22.1 Å². The molecule has 0 heterocycles. The minimum absolute atomic E-state index is 0.126. The van der Waals surface area contributed by atoms with E-state index in [1.807, 2.05) is 6.92 Å². The second-order valence-electron chi connectivity index (χ2n) is 10.6. The summed E-state index contributed by atoms with van der Waals surface area (Å²) in [6.07, 6.45) is -0.760. The van der Waals surface area contributed by atoms with Gasteiger partial charge in [0.2, 0.25) is 11.8 Å². The molecule has 0 aliphatic rings. The average Bonchev–Trinajstić information content (AvgIpc) is 2.85. The largest absolute Gasteiger partial charge is 0.508 e. The SMILES string of the molecule is CCC(C)N(C(=O)C(CCC(N)=O)NC(=O)OC(C)(C)C)C(C(=O)Nc1c(C)cccc1Cl)c1ccccc1O. The maximum absolute atomic E-state index is 14.2. The Bertz CT molecular complexity index is 1210. The Kier molecular flexibility index (Phi) is 11.4. The molecule has 0 aliphatic heterocycles. The van der Waals surface area contributed by atoms with Gasteiger partial charge in [0.1, 0.15) is 23.4 Å². The minimum Gasteiger partial charge on any atom is -0.508 e. The van der Waals surface area contributed by atoms with Crippen molar-refractivity contribution in [2.45, 2.75) is 84.5 Å². The molecule has 3 atom stereocenters. The van der Waals surface area contributed by atoms with Crippen molar-refractivity contribution in [3.63, 3.8) is 0 Å². The molecule has 2 aromatic carbocycles. The first-order chi connectivity index (χ1) is 18.7. The first-order valence-electron chi connectivity index (χ1n) is 13.1. The van der Waals surface area contributed by atoms with Crippen LogP contribution >= 0.6 is 11.6 Å². The highest BCUT2D eigenvalue weighted by Crippen LogP contribution is 2.34. The number of hydrogen-bond donors (Lipinski definition) is 4. The number of para-hydroxylation sites is 2. The fraction of sp³-hybridized carbons (Fsp3) is 0.448. The first-order valence-corrected chi connectivity index (χ1v) is 13.5. The number of aromatic hydroxyl groups is 1. The normalized spacial score (nSPS) is 13.5. The Hall–Kier alpha value is -3.79. The molecular weight excluding hydrogens is 536 g/mol. The minimum atomic E-state index is -1.32. The number of amides is 4. The van der Waals surface area contributed by atoms with Gasteiger partial charge in [0.05, 0.1) is 10.7 Å². The number of nitrogens with zero attached hydrogens (tertiary/aromatic N) is 1. The van der Waals surface area contributed by atoms with Crippen LogP contribution in [0.5, 0.6) is 5.75 Å². The monoisotopic (exact) mass is 574 g/mol. The lowest BCUT2D eigenvalue weighted by Gasteiger charge is -2.38. The third-order valence-corrected chi connectivity index (χ3v) is 6.53. The Balaban J connectivity index is 2.63. The van der Waals surface area contributed by atoms with Gasteiger partial charge < -0.3 is 31.1 Å². The third-order valence-electron chi connectivity index (χ3n) is 6.22. The van der Waals surface area contributed by atoms with Gasteiger partial charge in [-0.1, -0.05) is 48.9 Å². The van der Waals surface area contributed by atoms with Crippen molar-refractivity contribution >= 4 is 41.1 Å². The summed E-state index contributed by atoms with van der Waals surface area (Å²) in [6, 6.07) is 8.23. The Labute approximate surface area is 240 Å². The topological polar surface area (TPSA) is 151 Å². The van der Waals surface area contributed by atoms with E-state index in [1.54, 1.807) is 71.0 Å². The van der Waals surface area contributed by atoms with Crippen LogP contribution in [0.3, 0.4) is 0 Å². The summed E-state index contributed by atoms with van der Waals surface area (Å²) in [7, 11) is 0. The standard InChI is InChI=1S/C29H39ClN4O6/c1-7-18(3)34(27(38)21(15-16-23(31)36)32-28(39)40-29(4,5)6)25(19-12-8-9-14-22(19)35)26(37)33-24-17(2)11-10-13-20(24)30/h8-14,18,21,25,35H,7,15-16H2,1-6H3,(H2,31,36)(H,32,39)(H,33,37). The van der Waals surface area contributed by atoms with Crippen LogP contribution in [-0.2, 0) is 19.1 Å². The zero-order valence-electron chi connectivity index (χ0n) is 23.8. The molecule has 0 spiro atoms. The van der Waals surface area contributed by atoms with E-state index < -0.39 is 47.5 Å². The fourth-order valence-electron chi connectivity index (χ4n) is 4.09. The summed E-state index contributed by atoms with van der Waals surface area (Å²) >= 11 is 6.37. The van der Waals surface area contributed by atoms with Gasteiger partial charge >= 0.3 is 6.09 Å². The zero-order chi connectivity index (χ0) is 30.2. The van der Waals surface area contributed by atoms with Crippen LogP contribution in [0.15, 0.2) is 42.5 Å². The average molecular weight is 575 g/mol. The number of benzene rings is 2. The van der Waals surface area contributed by atoms with Crippen LogP contribution in [0, 0.1) is 6.92 Å². The molecule has 11 heteroatoms. The van der Waals surface area contributed by atoms with E-state index >= 15 is 0 Å². The fourth-order valence-corrected chi connectivity index (χ4v) is 4.36. The van der Waals surface area contributed by atoms with Gasteiger partial charge in [-0.2, -0.15) is 0 Å². The number of nitrogens with one attached hydrogen (secondary N) is 2. The summed E-state index contributed by atoms with van der Waals surface area (Å²) in [6.45, 7) is 10.4. The number of phenolic OH excluding ortho intramolecular Hbond substituents is 1. The smallest absolute Gasteiger partial charge is 0.408 e. The summed E-state index contributed by atoms with van der Waals surface area (Å²) in [4.78, 5) is 53.8. The van der Waals surface area contributed by atoms with E-state index in [-0.39, 0.29) is 24.2 Å². The predicted octanol–water partition coefficient (Wildman–Crippen LogP) is 4.82. The van der Waals surface area contributed by atoms with Crippen molar-refractivity contribution in [3.05, 3.63) is 58.6 Å². The highest BCUT2D eigenvalue weighted by Gasteiger charge is 2.39. The van der Waals surface area contributed by atoms with Crippen molar-refractivity contribution in [2.75, 3.05) is 5.32 Å². The van der Waals surface area contributed by atoms with Gasteiger partial charge in [0, 0.05) is 18.0 Å². The lowest BCUT2D eigenvalue weighted by molar-refractivity contribution is -0.143. The zero-order valence-corrected chi connectivity index (χ0v) is 24.5. The molecule has 0 saturated heterocycles. The molecule has 2 aromatic rings. The van der Waals surface area contributed by atoms with Gasteiger partial charge in [0.25, 0.3) is 5.91 Å². The summed E-state index contributed by atoms with van der Waals surface area (Å²) in [5.74, 6) is -2.14. The van der Waals surface area contributed by atoms with Gasteiger partial charge in [-0.15, -0.1) is 0 Å². The molecule has 40 heavy (non-hydrogen) atoms. The molecule has 2 rings (SSSR count). The molecule has 0 fully saturated rings. The van der Waals surface area contributed by atoms with Gasteiger partial charge in [-0.3, -0.25) is 14.4 Å². The van der Waals surface area contributed by atoms with Crippen LogP contribution < -0.4 is 16.4 Å². The number of carbonyl (C=O) groups excluding carboxylic acids is 4. The van der Waals surface area contributed by atoms with Crippen LogP contribution in [0.4, 0.5) is 10.5 Å². The summed E-state index contributed by atoms with van der Waals surface area (Å²) in [5, 5.41) is 16.4. The van der Waals surface area contributed by atoms with Crippen molar-refractivity contribution in [1.29, 1.82) is 0 Å². The van der Waals surface area contributed by atoms with Crippen molar-refractivity contribution in [1.82, 2.24) is 10.2 Å². The molecule has 218 valence electrons. The van der Waals surface area contributed by atoms with Gasteiger partial charge in [-0.05, 0) is 65.2 Å². The van der Waals surface area contributed by atoms with Crippen LogP contribution in [-0.4, -0.2) is 51.5 Å². The maximum atomic E-state index is 14.2. The number of rotatable bonds is 11. The number of phenols is 1. The number of halogens is 1. The van der Waals surface area contributed by atoms with Crippen LogP contribution in [0.1, 0.15) is 71.0 Å². The first kappa shape index (κ1) is 32.4. The molecule has 0 saturated carbocycles. The van der Waals surface area contributed by atoms with Gasteiger partial charge in [-0.25, -0.2) is 4.79 Å². The van der Waals surface area contributed by atoms with Crippen molar-refractivity contribution in [2.24, 2.45) is 5.73 Å². The highest BCUT2D eigenvalue weighted by atomic mass is 35.5. The quantitative estimate of drug-likeness (QED) is 0.302. The molecule has 0 aliphatic carbocycles. The number of hydrogen-bond acceptors (Lipinski definition) is 6. The number of primary amides is 1. The Morgan fingerprint density at radius 1 is 1.10 bits per heavy atom. The molecule has 3 unspecified atom stereocenters. The lowest BCUT2D eigenvalue weighted by Crippen LogP contribution is -2.55. The molecule has 0 radical (unpaired) electrons. The van der Waals surface area contributed by atoms with E-state index in [0.29, 0.717) is 22.7 Å². The number of nitrogens with two attached hydrogens (primary N) is 1. The Morgan fingerprint density at radius 3 is 2.30 bits per heavy atom. The molecular formula is C29H39ClN4O6. The second-order valence-corrected chi connectivity index (χ2v) is 11.0. The van der Waals surface area contributed by atoms with Gasteiger partial charge in [0.15, 0.2) is 0 Å². The number of anilines is 1. The number of aryl methyl sites for hydroxylation is 1. The summed E-state index contributed by atoms with van der Waals surface area (Å²) in [5.41, 5.74) is 5.74. The predicted molar refractivity (Wildman–Crippen MR) is 154 cm³/mol. The van der Waals surface area contributed by atoms with Crippen LogP contribution in [0.2, 0.25) is 5.02 Å². The summed E-state index contributed by atoms with van der Waals surface area (Å²) < 4.78 is 5.34. The van der Waals surface area contributed by atoms with E-state index in [2.05, 4.69) is 10.6 Å². The lowest BCUT2D eigenvalue weighted by atomic mass is 9.98.